The largest absolute Gasteiger partial charge is 0.490 e. The minimum atomic E-state index is -2.00. The summed E-state index contributed by atoms with van der Waals surface area (Å²) in [6.45, 7) is 13.5. The number of rotatable bonds is 14. The molecule has 0 aromatic heterocycles. The number of aliphatic hydroxyl groups is 1. The highest BCUT2D eigenvalue weighted by atomic mass is 16.6. The molecule has 1 fully saturated rings. The Morgan fingerprint density at radius 3 is 2.30 bits per heavy atom. The second-order valence-corrected chi connectivity index (χ2v) is 13.6. The molecule has 8 nitrogen and oxygen atoms in total. The zero-order valence-electron chi connectivity index (χ0n) is 27.7. The van der Waals surface area contributed by atoms with Gasteiger partial charge in [0.15, 0.2) is 0 Å². The molecule has 246 valence electrons. The average Bonchev–Trinajstić information content (AvgIpc) is 3.81. The molecular formula is C38H48N2O6. The van der Waals surface area contributed by atoms with E-state index in [1.54, 1.807) is 39.0 Å². The van der Waals surface area contributed by atoms with Gasteiger partial charge in [0, 0.05) is 11.8 Å². The summed E-state index contributed by atoms with van der Waals surface area (Å²) in [7, 11) is 0. The number of ether oxygens (including phenoxy) is 3. The fourth-order valence-corrected chi connectivity index (χ4v) is 6.02. The summed E-state index contributed by atoms with van der Waals surface area (Å²) in [6.07, 6.45) is 1.43. The van der Waals surface area contributed by atoms with Crippen molar-refractivity contribution in [1.29, 1.82) is 0 Å². The summed E-state index contributed by atoms with van der Waals surface area (Å²) in [6, 6.07) is 24.6. The fourth-order valence-electron chi connectivity index (χ4n) is 6.02. The average molecular weight is 629 g/mol. The number of nitrogens with two attached hydrogens (primary N) is 1. The number of carbonyl (C=O) groups excluding carboxylic acids is 2. The molecule has 1 saturated carbocycles. The molecule has 0 radical (unpaired) electrons. The molecule has 4 N–H and O–H groups in total. The van der Waals surface area contributed by atoms with E-state index in [9.17, 15) is 14.7 Å². The van der Waals surface area contributed by atoms with Gasteiger partial charge in [-0.1, -0.05) is 93.2 Å². The van der Waals surface area contributed by atoms with Crippen molar-refractivity contribution >= 4 is 12.1 Å². The Morgan fingerprint density at radius 2 is 1.67 bits per heavy atom. The first kappa shape index (κ1) is 34.7. The van der Waals surface area contributed by atoms with Gasteiger partial charge in [-0.2, -0.15) is 0 Å². The molecule has 0 spiro atoms. The van der Waals surface area contributed by atoms with E-state index in [0.29, 0.717) is 30.8 Å². The van der Waals surface area contributed by atoms with Crippen molar-refractivity contribution in [3.8, 4) is 5.75 Å². The van der Waals surface area contributed by atoms with E-state index >= 15 is 0 Å². The van der Waals surface area contributed by atoms with Gasteiger partial charge in [0.25, 0.3) is 0 Å². The molecule has 2 atom stereocenters. The minimum Gasteiger partial charge on any atom is -0.490 e. The van der Waals surface area contributed by atoms with Gasteiger partial charge in [-0.05, 0) is 73.9 Å². The van der Waals surface area contributed by atoms with Crippen LogP contribution in [0.5, 0.6) is 5.75 Å². The third-order valence-electron chi connectivity index (χ3n) is 8.50. The van der Waals surface area contributed by atoms with Crippen LogP contribution in [0.1, 0.15) is 82.1 Å². The van der Waals surface area contributed by atoms with E-state index in [-0.39, 0.29) is 18.9 Å². The third kappa shape index (κ3) is 8.17. The van der Waals surface area contributed by atoms with Crippen molar-refractivity contribution in [3.05, 3.63) is 114 Å². The number of carbonyl (C=O) groups is 2. The lowest BCUT2D eigenvalue weighted by atomic mass is 9.66. The quantitative estimate of drug-likeness (QED) is 0.103. The molecule has 4 rings (SSSR count). The molecule has 0 bridgehead atoms. The monoisotopic (exact) mass is 628 g/mol. The van der Waals surface area contributed by atoms with Crippen LogP contribution in [0.25, 0.3) is 0 Å². The molecule has 1 aliphatic rings. The van der Waals surface area contributed by atoms with Crippen molar-refractivity contribution in [2.75, 3.05) is 6.61 Å². The molecule has 8 heteroatoms. The smallest absolute Gasteiger partial charge is 0.409 e. The Balaban J connectivity index is 1.82. The van der Waals surface area contributed by atoms with Gasteiger partial charge in [-0.3, -0.25) is 4.79 Å². The van der Waals surface area contributed by atoms with Crippen LogP contribution in [0.2, 0.25) is 0 Å². The highest BCUT2D eigenvalue weighted by Crippen LogP contribution is 2.60. The van der Waals surface area contributed by atoms with Crippen LogP contribution in [-0.2, 0) is 32.7 Å². The van der Waals surface area contributed by atoms with Gasteiger partial charge in [0.2, 0.25) is 0 Å². The molecule has 0 aliphatic heterocycles. The van der Waals surface area contributed by atoms with Crippen molar-refractivity contribution in [2.24, 2.45) is 5.73 Å². The number of benzene rings is 3. The molecule has 0 unspecified atom stereocenters. The molecule has 1 amide bonds. The standard InChI is InChI=1S/C38H48N2O6/c1-7-21-44-32-18-11-15-29(22-32)24-38(39,40-34(42)46-35(4,5)6)37(43,25-33(41)45-26-28-13-9-8-10-14-28)36(19-20-36)31-17-12-16-30(23-31)27(2)3/h7-18,22-23,27,43H,1,19-21,24-26,39H2,2-6H3,(H,40,42)/t37-,38+/m1/s1. The van der Waals surface area contributed by atoms with Crippen LogP contribution >= 0.6 is 0 Å². The molecule has 3 aromatic carbocycles. The lowest BCUT2D eigenvalue weighted by Crippen LogP contribution is -2.76. The summed E-state index contributed by atoms with van der Waals surface area (Å²) in [5.74, 6) is 0.177. The number of esters is 1. The van der Waals surface area contributed by atoms with Crippen molar-refractivity contribution in [3.63, 3.8) is 0 Å². The van der Waals surface area contributed by atoms with E-state index < -0.39 is 40.8 Å². The Labute approximate surface area is 272 Å². The van der Waals surface area contributed by atoms with E-state index in [0.717, 1.165) is 16.7 Å². The fraction of sp³-hybridized carbons (Fsp3) is 0.421. The molecule has 0 saturated heterocycles. The highest BCUT2D eigenvalue weighted by Gasteiger charge is 2.68. The number of nitrogens with one attached hydrogen (secondary N) is 1. The van der Waals surface area contributed by atoms with Crippen molar-refractivity contribution in [1.82, 2.24) is 5.32 Å². The van der Waals surface area contributed by atoms with Gasteiger partial charge < -0.3 is 30.4 Å². The topological polar surface area (TPSA) is 120 Å². The SMILES string of the molecule is C=CCOc1cccc(C[C@](N)(NC(=O)OC(C)(C)C)[C@@](O)(CC(=O)OCc2ccccc2)C2(c3cccc(C(C)C)c3)CC2)c1. The summed E-state index contributed by atoms with van der Waals surface area (Å²) in [5.41, 5.74) is 5.03. The lowest BCUT2D eigenvalue weighted by molar-refractivity contribution is -0.159. The Kier molecular flexibility index (Phi) is 10.6. The zero-order valence-corrected chi connectivity index (χ0v) is 27.7. The maximum absolute atomic E-state index is 13.7. The van der Waals surface area contributed by atoms with Crippen LogP contribution in [0.4, 0.5) is 4.79 Å². The molecule has 1 aliphatic carbocycles. The van der Waals surface area contributed by atoms with Crippen molar-refractivity contribution in [2.45, 2.75) is 95.1 Å². The van der Waals surface area contributed by atoms with E-state index in [4.69, 9.17) is 19.9 Å². The van der Waals surface area contributed by atoms with Gasteiger partial charge in [-0.15, -0.1) is 0 Å². The molecule has 46 heavy (non-hydrogen) atoms. The summed E-state index contributed by atoms with van der Waals surface area (Å²) in [4.78, 5) is 27.2. The van der Waals surface area contributed by atoms with Crippen LogP contribution in [0, 0.1) is 0 Å². The van der Waals surface area contributed by atoms with Gasteiger partial charge in [0.1, 0.15) is 35.8 Å². The minimum absolute atomic E-state index is 0.0331. The predicted octanol–water partition coefficient (Wildman–Crippen LogP) is 6.69. The van der Waals surface area contributed by atoms with Gasteiger partial charge in [0.05, 0.1) is 6.42 Å². The number of hydrogen-bond acceptors (Lipinski definition) is 7. The van der Waals surface area contributed by atoms with Gasteiger partial charge >= 0.3 is 12.1 Å². The number of hydrogen-bond donors (Lipinski definition) is 3. The van der Waals surface area contributed by atoms with Crippen molar-refractivity contribution < 1.29 is 28.9 Å². The molecule has 3 aromatic rings. The second-order valence-electron chi connectivity index (χ2n) is 13.6. The van der Waals surface area contributed by atoms with Crippen LogP contribution in [0.3, 0.4) is 0 Å². The third-order valence-corrected chi connectivity index (χ3v) is 8.50. The van der Waals surface area contributed by atoms with Crippen LogP contribution in [0.15, 0.2) is 91.5 Å². The maximum atomic E-state index is 13.7. The highest BCUT2D eigenvalue weighted by molar-refractivity contribution is 5.74. The van der Waals surface area contributed by atoms with Gasteiger partial charge in [-0.25, -0.2) is 4.79 Å². The van der Waals surface area contributed by atoms with E-state index in [1.807, 2.05) is 60.7 Å². The Hall–Kier alpha value is -4.14. The first-order chi connectivity index (χ1) is 21.7. The van der Waals surface area contributed by atoms with E-state index in [1.165, 1.54) is 0 Å². The summed E-state index contributed by atoms with van der Waals surface area (Å²) >= 11 is 0. The Morgan fingerprint density at radius 1 is 1.00 bits per heavy atom. The Bertz CT molecular complexity index is 1510. The summed E-state index contributed by atoms with van der Waals surface area (Å²) in [5, 5.41) is 16.0. The van der Waals surface area contributed by atoms with Crippen LogP contribution in [-0.4, -0.2) is 40.6 Å². The molecule has 0 heterocycles. The molecular weight excluding hydrogens is 580 g/mol. The van der Waals surface area contributed by atoms with Crippen LogP contribution < -0.4 is 15.8 Å². The second kappa shape index (κ2) is 14.1. The zero-order chi connectivity index (χ0) is 33.6. The first-order valence-electron chi connectivity index (χ1n) is 15.9. The first-order valence-corrected chi connectivity index (χ1v) is 15.9. The number of amides is 1. The summed E-state index contributed by atoms with van der Waals surface area (Å²) < 4.78 is 17.1. The predicted molar refractivity (Wildman–Crippen MR) is 179 cm³/mol. The maximum Gasteiger partial charge on any atom is 0.409 e. The normalized spacial score (nSPS) is 16.4. The number of alkyl carbamates (subject to hydrolysis) is 1. The van der Waals surface area contributed by atoms with E-state index in [2.05, 4.69) is 31.8 Å². The lowest BCUT2D eigenvalue weighted by Gasteiger charge is -2.50.